The molecular formula is C18H18ClF3N2O2. The molecule has 140 valence electrons. The average Bonchev–Trinajstić information content (AvgIpc) is 2.52. The Morgan fingerprint density at radius 3 is 2.58 bits per heavy atom. The van der Waals surface area contributed by atoms with Crippen LogP contribution in [0.3, 0.4) is 0 Å². The Morgan fingerprint density at radius 2 is 1.88 bits per heavy atom. The molecule has 0 saturated heterocycles. The zero-order valence-electron chi connectivity index (χ0n) is 14.1. The van der Waals surface area contributed by atoms with Crippen LogP contribution in [0.15, 0.2) is 30.3 Å². The maximum absolute atomic E-state index is 13.9. The Bertz CT molecular complexity index is 859. The van der Waals surface area contributed by atoms with E-state index < -0.39 is 40.6 Å². The molecular weight excluding hydrogens is 369 g/mol. The van der Waals surface area contributed by atoms with Gasteiger partial charge in [0.2, 0.25) is 0 Å². The first-order valence-corrected chi connectivity index (χ1v) is 7.71. The molecule has 4 nitrogen and oxygen atoms in total. The Balaban J connectivity index is 0.00000243. The van der Waals surface area contributed by atoms with Gasteiger partial charge >= 0.3 is 0 Å². The van der Waals surface area contributed by atoms with Crippen molar-refractivity contribution < 1.29 is 22.7 Å². The highest BCUT2D eigenvalue weighted by atomic mass is 35.5. The lowest BCUT2D eigenvalue weighted by Crippen LogP contribution is -2.41. The lowest BCUT2D eigenvalue weighted by molar-refractivity contribution is 0.0618. The Morgan fingerprint density at radius 1 is 1.19 bits per heavy atom. The molecule has 0 aliphatic carbocycles. The molecule has 1 aliphatic heterocycles. The highest BCUT2D eigenvalue weighted by Gasteiger charge is 2.35. The zero-order chi connectivity index (χ0) is 18.4. The predicted octanol–water partition coefficient (Wildman–Crippen LogP) is 4.14. The van der Waals surface area contributed by atoms with Gasteiger partial charge in [0.1, 0.15) is 11.4 Å². The highest BCUT2D eigenvalue weighted by Crippen LogP contribution is 2.40. The van der Waals surface area contributed by atoms with E-state index in [9.17, 15) is 18.0 Å². The lowest BCUT2D eigenvalue weighted by atomic mass is 9.89. The van der Waals surface area contributed by atoms with Gasteiger partial charge in [-0.1, -0.05) is 0 Å². The van der Waals surface area contributed by atoms with Gasteiger partial charge in [-0.3, -0.25) is 4.79 Å². The molecule has 1 heterocycles. The molecule has 1 atom stereocenters. The van der Waals surface area contributed by atoms with Gasteiger partial charge in [-0.25, -0.2) is 13.2 Å². The van der Waals surface area contributed by atoms with Crippen molar-refractivity contribution in [3.63, 3.8) is 0 Å². The Hall–Kier alpha value is -2.41. The monoisotopic (exact) mass is 386 g/mol. The van der Waals surface area contributed by atoms with Crippen molar-refractivity contribution in [1.29, 1.82) is 0 Å². The number of nitrogens with two attached hydrogens (primary N) is 1. The maximum atomic E-state index is 13.9. The van der Waals surface area contributed by atoms with Crippen LogP contribution in [-0.4, -0.2) is 11.5 Å². The van der Waals surface area contributed by atoms with Crippen molar-refractivity contribution in [2.45, 2.75) is 31.9 Å². The van der Waals surface area contributed by atoms with Gasteiger partial charge in [-0.05, 0) is 44.2 Å². The van der Waals surface area contributed by atoms with Gasteiger partial charge < -0.3 is 15.8 Å². The van der Waals surface area contributed by atoms with Crippen molar-refractivity contribution in [1.82, 2.24) is 5.32 Å². The normalized spacial score (nSPS) is 17.5. The van der Waals surface area contributed by atoms with Crippen LogP contribution < -0.4 is 15.8 Å². The second kappa shape index (κ2) is 7.07. The Kier molecular flexibility index (Phi) is 5.41. The van der Waals surface area contributed by atoms with Crippen LogP contribution in [0.5, 0.6) is 5.75 Å². The van der Waals surface area contributed by atoms with Gasteiger partial charge in [0.05, 0.1) is 11.6 Å². The summed E-state index contributed by atoms with van der Waals surface area (Å²) in [6.07, 6.45) is 0.403. The predicted molar refractivity (Wildman–Crippen MR) is 93.9 cm³/mol. The van der Waals surface area contributed by atoms with Crippen LogP contribution in [0.4, 0.5) is 18.9 Å². The molecule has 0 saturated carbocycles. The third-order valence-electron chi connectivity index (χ3n) is 4.08. The minimum Gasteiger partial charge on any atom is -0.487 e. The van der Waals surface area contributed by atoms with Gasteiger partial charge in [-0.2, -0.15) is 0 Å². The van der Waals surface area contributed by atoms with Crippen molar-refractivity contribution in [3.05, 3.63) is 58.9 Å². The van der Waals surface area contributed by atoms with E-state index in [1.165, 1.54) is 0 Å². The number of ether oxygens (including phenoxy) is 1. The molecule has 0 fully saturated rings. The second-order valence-electron chi connectivity index (χ2n) is 6.61. The van der Waals surface area contributed by atoms with E-state index in [-0.39, 0.29) is 12.4 Å². The molecule has 0 spiro atoms. The summed E-state index contributed by atoms with van der Waals surface area (Å²) in [5, 5.41) is 2.66. The zero-order valence-corrected chi connectivity index (χ0v) is 14.9. The molecule has 2 aromatic rings. The SMILES string of the molecule is CC1(C)CC(NC(=O)c2ccc(F)c(F)c2F)c2cc(N)ccc2O1.Cl. The number of nitrogens with one attached hydrogen (secondary N) is 1. The van der Waals surface area contributed by atoms with E-state index in [0.29, 0.717) is 29.5 Å². The number of amides is 1. The molecule has 0 bridgehead atoms. The summed E-state index contributed by atoms with van der Waals surface area (Å²) in [7, 11) is 0. The van der Waals surface area contributed by atoms with Gasteiger partial charge in [0.25, 0.3) is 5.91 Å². The topological polar surface area (TPSA) is 64.4 Å². The third-order valence-corrected chi connectivity index (χ3v) is 4.08. The van der Waals surface area contributed by atoms with Crippen molar-refractivity contribution in [3.8, 4) is 5.75 Å². The number of carbonyl (C=O) groups is 1. The van der Waals surface area contributed by atoms with Crippen LogP contribution in [0.25, 0.3) is 0 Å². The molecule has 1 amide bonds. The summed E-state index contributed by atoms with van der Waals surface area (Å²) < 4.78 is 46.1. The number of fused-ring (bicyclic) bond motifs is 1. The first-order valence-electron chi connectivity index (χ1n) is 7.71. The van der Waals surface area contributed by atoms with Crippen LogP contribution in [0, 0.1) is 17.5 Å². The van der Waals surface area contributed by atoms with Crippen molar-refractivity contribution in [2.24, 2.45) is 0 Å². The standard InChI is InChI=1S/C18H17F3N2O2.ClH/c1-18(2)8-13(11-7-9(22)3-6-14(11)25-18)23-17(24)10-4-5-12(19)16(21)15(10)20;/h3-7,13H,8,22H2,1-2H3,(H,23,24);1H. The number of nitrogen functional groups attached to an aromatic ring is 1. The van der Waals surface area contributed by atoms with Crippen LogP contribution >= 0.6 is 12.4 Å². The first-order chi connectivity index (χ1) is 11.7. The minimum atomic E-state index is -1.68. The molecule has 0 aromatic heterocycles. The Labute approximate surface area is 154 Å². The smallest absolute Gasteiger partial charge is 0.254 e. The third kappa shape index (κ3) is 3.72. The number of rotatable bonds is 2. The number of anilines is 1. The summed E-state index contributed by atoms with van der Waals surface area (Å²) in [4.78, 5) is 12.4. The fourth-order valence-electron chi connectivity index (χ4n) is 2.94. The molecule has 8 heteroatoms. The summed E-state index contributed by atoms with van der Waals surface area (Å²) >= 11 is 0. The molecule has 2 aromatic carbocycles. The van der Waals surface area contributed by atoms with E-state index in [0.717, 1.165) is 6.07 Å². The van der Waals surface area contributed by atoms with Gasteiger partial charge in [0.15, 0.2) is 17.5 Å². The second-order valence-corrected chi connectivity index (χ2v) is 6.61. The van der Waals surface area contributed by atoms with Gasteiger partial charge in [0, 0.05) is 17.7 Å². The van der Waals surface area contributed by atoms with E-state index in [1.807, 2.05) is 13.8 Å². The van der Waals surface area contributed by atoms with E-state index in [4.69, 9.17) is 10.5 Å². The van der Waals surface area contributed by atoms with Gasteiger partial charge in [-0.15, -0.1) is 12.4 Å². The number of carbonyl (C=O) groups excluding carboxylic acids is 1. The van der Waals surface area contributed by atoms with E-state index in [1.54, 1.807) is 18.2 Å². The fraction of sp³-hybridized carbons (Fsp3) is 0.278. The van der Waals surface area contributed by atoms with Crippen LogP contribution in [0.2, 0.25) is 0 Å². The first kappa shape index (κ1) is 19.9. The number of halogens is 4. The number of benzene rings is 2. The molecule has 0 radical (unpaired) electrons. The molecule has 3 rings (SSSR count). The molecule has 1 aliphatic rings. The summed E-state index contributed by atoms with van der Waals surface area (Å²) in [5.74, 6) is -4.82. The summed E-state index contributed by atoms with van der Waals surface area (Å²) in [6.45, 7) is 3.70. The molecule has 3 N–H and O–H groups in total. The lowest BCUT2D eigenvalue weighted by Gasteiger charge is -2.38. The molecule has 1 unspecified atom stereocenters. The average molecular weight is 387 g/mol. The summed E-state index contributed by atoms with van der Waals surface area (Å²) in [5.41, 5.74) is 5.79. The van der Waals surface area contributed by atoms with Crippen molar-refractivity contribution in [2.75, 3.05) is 5.73 Å². The molecule has 26 heavy (non-hydrogen) atoms. The number of hydrogen-bond acceptors (Lipinski definition) is 3. The van der Waals surface area contributed by atoms with Crippen LogP contribution in [0.1, 0.15) is 42.2 Å². The van der Waals surface area contributed by atoms with E-state index >= 15 is 0 Å². The number of hydrogen-bond donors (Lipinski definition) is 2. The quantitative estimate of drug-likeness (QED) is 0.602. The minimum absolute atomic E-state index is 0. The largest absolute Gasteiger partial charge is 0.487 e. The van der Waals surface area contributed by atoms with E-state index in [2.05, 4.69) is 5.32 Å². The highest BCUT2D eigenvalue weighted by molar-refractivity contribution is 5.94. The van der Waals surface area contributed by atoms with Crippen molar-refractivity contribution >= 4 is 24.0 Å². The maximum Gasteiger partial charge on any atom is 0.254 e. The fourth-order valence-corrected chi connectivity index (χ4v) is 2.94. The summed E-state index contributed by atoms with van der Waals surface area (Å²) in [6, 6.07) is 6.15. The van der Waals surface area contributed by atoms with Crippen LogP contribution in [-0.2, 0) is 0 Å².